The van der Waals surface area contributed by atoms with E-state index in [0.29, 0.717) is 0 Å². The van der Waals surface area contributed by atoms with E-state index in [1.165, 1.54) is 17.5 Å². The Labute approximate surface area is 92.5 Å². The predicted molar refractivity (Wildman–Crippen MR) is 64.4 cm³/mol. The van der Waals surface area contributed by atoms with Crippen molar-refractivity contribution in [3.05, 3.63) is 34.9 Å². The van der Waals surface area contributed by atoms with Gasteiger partial charge in [0.1, 0.15) is 0 Å². The number of Topliss-reactive ketones (excluding diaryl/α,β-unsaturated/α-hetero) is 1. The van der Waals surface area contributed by atoms with Crippen LogP contribution in [0.25, 0.3) is 0 Å². The largest absolute Gasteiger partial charge is 0.295 e. The number of ketones is 1. The van der Waals surface area contributed by atoms with Gasteiger partial charge in [-0.25, -0.2) is 0 Å². The van der Waals surface area contributed by atoms with Crippen molar-refractivity contribution in [3.63, 3.8) is 0 Å². The zero-order chi connectivity index (χ0) is 11.3. The molecule has 0 unspecified atom stereocenters. The molecule has 0 saturated heterocycles. The first-order valence-electron chi connectivity index (χ1n) is 5.82. The fraction of sp³-hybridized carbons (Fsp3) is 0.500. The van der Waals surface area contributed by atoms with Crippen molar-refractivity contribution < 1.29 is 4.79 Å². The molecule has 0 aromatic heterocycles. The Bertz CT molecular complexity index is 339. The average Bonchev–Trinajstić information content (AvgIpc) is 2.25. The average molecular weight is 204 g/mol. The van der Waals surface area contributed by atoms with Crippen molar-refractivity contribution in [3.8, 4) is 0 Å². The lowest BCUT2D eigenvalue weighted by Crippen LogP contribution is -2.03. The van der Waals surface area contributed by atoms with Gasteiger partial charge in [-0.1, -0.05) is 38.5 Å². The number of hydrogen-bond donors (Lipinski definition) is 0. The van der Waals surface area contributed by atoms with E-state index in [2.05, 4.69) is 19.9 Å². The molecule has 0 aliphatic rings. The molecule has 0 amide bonds. The van der Waals surface area contributed by atoms with Crippen LogP contribution in [-0.4, -0.2) is 5.78 Å². The number of carbonyl (C=O) groups excluding carboxylic acids is 1. The van der Waals surface area contributed by atoms with Crippen LogP contribution in [0, 0.1) is 0 Å². The van der Waals surface area contributed by atoms with Crippen molar-refractivity contribution in [2.45, 2.75) is 46.5 Å². The molecule has 0 atom stereocenters. The highest BCUT2D eigenvalue weighted by atomic mass is 16.1. The first-order valence-corrected chi connectivity index (χ1v) is 5.82. The van der Waals surface area contributed by atoms with Crippen molar-refractivity contribution >= 4 is 5.78 Å². The minimum atomic E-state index is 0.191. The maximum absolute atomic E-state index is 11.5. The van der Waals surface area contributed by atoms with Gasteiger partial charge in [0.05, 0.1) is 0 Å². The lowest BCUT2D eigenvalue weighted by molar-refractivity contribution is 0.101. The number of hydrogen-bond acceptors (Lipinski definition) is 1. The van der Waals surface area contributed by atoms with Gasteiger partial charge in [-0.2, -0.15) is 0 Å². The predicted octanol–water partition coefficient (Wildman–Crippen LogP) is 3.79. The summed E-state index contributed by atoms with van der Waals surface area (Å²) in [5, 5.41) is 0. The molecule has 0 bridgehead atoms. The van der Waals surface area contributed by atoms with Crippen LogP contribution in [-0.2, 0) is 12.8 Å². The molecule has 1 rings (SSSR count). The van der Waals surface area contributed by atoms with Gasteiger partial charge in [0, 0.05) is 5.56 Å². The standard InChI is InChI=1S/C14H20O/c1-4-6-9-14-12(5-2)8-7-10-13(14)11(3)15/h7-8,10H,4-6,9H2,1-3H3. The Kier molecular flexibility index (Phi) is 4.54. The second kappa shape index (κ2) is 5.69. The molecule has 0 heterocycles. The van der Waals surface area contributed by atoms with E-state index >= 15 is 0 Å². The summed E-state index contributed by atoms with van der Waals surface area (Å²) >= 11 is 0. The smallest absolute Gasteiger partial charge is 0.160 e. The zero-order valence-corrected chi connectivity index (χ0v) is 9.97. The molecule has 0 aliphatic carbocycles. The highest BCUT2D eigenvalue weighted by Gasteiger charge is 2.09. The summed E-state index contributed by atoms with van der Waals surface area (Å²) in [5.41, 5.74) is 3.52. The van der Waals surface area contributed by atoms with Crippen LogP contribution < -0.4 is 0 Å². The molecular formula is C14H20O. The normalized spacial score (nSPS) is 10.3. The molecule has 1 heteroatoms. The molecule has 1 nitrogen and oxygen atoms in total. The summed E-state index contributed by atoms with van der Waals surface area (Å²) in [6, 6.07) is 6.08. The van der Waals surface area contributed by atoms with E-state index in [-0.39, 0.29) is 5.78 Å². The Morgan fingerprint density at radius 1 is 1.27 bits per heavy atom. The van der Waals surface area contributed by atoms with E-state index in [1.54, 1.807) is 6.92 Å². The van der Waals surface area contributed by atoms with Gasteiger partial charge in [-0.15, -0.1) is 0 Å². The minimum absolute atomic E-state index is 0.191. The Morgan fingerprint density at radius 3 is 2.53 bits per heavy atom. The second-order valence-electron chi connectivity index (χ2n) is 3.96. The second-order valence-corrected chi connectivity index (χ2v) is 3.96. The van der Waals surface area contributed by atoms with Gasteiger partial charge in [0.2, 0.25) is 0 Å². The third kappa shape index (κ3) is 2.92. The quantitative estimate of drug-likeness (QED) is 0.667. The third-order valence-electron chi connectivity index (χ3n) is 2.81. The van der Waals surface area contributed by atoms with Gasteiger partial charge in [0.25, 0.3) is 0 Å². The van der Waals surface area contributed by atoms with Crippen LogP contribution in [0.5, 0.6) is 0 Å². The molecule has 0 aliphatic heterocycles. The summed E-state index contributed by atoms with van der Waals surface area (Å²) in [4.78, 5) is 11.5. The van der Waals surface area contributed by atoms with Crippen LogP contribution in [0.3, 0.4) is 0 Å². The summed E-state index contributed by atoms with van der Waals surface area (Å²) < 4.78 is 0. The fourth-order valence-electron chi connectivity index (χ4n) is 1.94. The van der Waals surface area contributed by atoms with Crippen LogP contribution in [0.2, 0.25) is 0 Å². The Morgan fingerprint density at radius 2 is 2.00 bits per heavy atom. The van der Waals surface area contributed by atoms with Crippen molar-refractivity contribution in [2.24, 2.45) is 0 Å². The number of rotatable bonds is 5. The molecule has 0 fully saturated rings. The third-order valence-corrected chi connectivity index (χ3v) is 2.81. The molecule has 0 radical (unpaired) electrons. The summed E-state index contributed by atoms with van der Waals surface area (Å²) in [7, 11) is 0. The first kappa shape index (κ1) is 12.0. The van der Waals surface area contributed by atoms with Gasteiger partial charge in [-0.05, 0) is 37.3 Å². The monoisotopic (exact) mass is 204 g/mol. The van der Waals surface area contributed by atoms with Gasteiger partial charge < -0.3 is 0 Å². The van der Waals surface area contributed by atoms with E-state index in [4.69, 9.17) is 0 Å². The Hall–Kier alpha value is -1.11. The highest BCUT2D eigenvalue weighted by Crippen LogP contribution is 2.18. The topological polar surface area (TPSA) is 17.1 Å². The molecular weight excluding hydrogens is 184 g/mol. The van der Waals surface area contributed by atoms with Crippen molar-refractivity contribution in [1.82, 2.24) is 0 Å². The van der Waals surface area contributed by atoms with Crippen molar-refractivity contribution in [2.75, 3.05) is 0 Å². The maximum Gasteiger partial charge on any atom is 0.160 e. The van der Waals surface area contributed by atoms with E-state index < -0.39 is 0 Å². The van der Waals surface area contributed by atoms with Gasteiger partial charge in [0.15, 0.2) is 5.78 Å². The lowest BCUT2D eigenvalue weighted by Gasteiger charge is -2.11. The number of aryl methyl sites for hydroxylation is 1. The summed E-state index contributed by atoms with van der Waals surface area (Å²) in [6.45, 7) is 5.99. The SMILES string of the molecule is CCCCc1c(CC)cccc1C(C)=O. The van der Waals surface area contributed by atoms with Crippen LogP contribution in [0.1, 0.15) is 55.1 Å². The number of unbranched alkanes of at least 4 members (excludes halogenated alkanes) is 1. The number of carbonyl (C=O) groups is 1. The first-order chi connectivity index (χ1) is 7.20. The van der Waals surface area contributed by atoms with E-state index in [1.807, 2.05) is 12.1 Å². The molecule has 1 aromatic carbocycles. The van der Waals surface area contributed by atoms with Crippen LogP contribution in [0.4, 0.5) is 0 Å². The molecule has 0 saturated carbocycles. The van der Waals surface area contributed by atoms with Gasteiger partial charge >= 0.3 is 0 Å². The van der Waals surface area contributed by atoms with Crippen LogP contribution >= 0.6 is 0 Å². The lowest BCUT2D eigenvalue weighted by atomic mass is 9.93. The zero-order valence-electron chi connectivity index (χ0n) is 9.97. The molecule has 0 spiro atoms. The summed E-state index contributed by atoms with van der Waals surface area (Å²) in [6.07, 6.45) is 4.39. The van der Waals surface area contributed by atoms with E-state index in [0.717, 1.165) is 24.8 Å². The molecule has 0 N–H and O–H groups in total. The fourth-order valence-corrected chi connectivity index (χ4v) is 1.94. The van der Waals surface area contributed by atoms with Crippen molar-refractivity contribution in [1.29, 1.82) is 0 Å². The molecule has 82 valence electrons. The highest BCUT2D eigenvalue weighted by molar-refractivity contribution is 5.95. The minimum Gasteiger partial charge on any atom is -0.295 e. The van der Waals surface area contributed by atoms with Crippen LogP contribution in [0.15, 0.2) is 18.2 Å². The van der Waals surface area contributed by atoms with Gasteiger partial charge in [-0.3, -0.25) is 4.79 Å². The molecule has 1 aromatic rings. The Balaban J connectivity index is 3.08. The summed E-state index contributed by atoms with van der Waals surface area (Å²) in [5.74, 6) is 0.191. The molecule has 15 heavy (non-hydrogen) atoms. The number of benzene rings is 1. The maximum atomic E-state index is 11.5. The van der Waals surface area contributed by atoms with E-state index in [9.17, 15) is 4.79 Å².